The van der Waals surface area contributed by atoms with Crippen LogP contribution in [0.25, 0.3) is 11.2 Å². The van der Waals surface area contributed by atoms with Crippen LogP contribution in [0.1, 0.15) is 63.0 Å². The van der Waals surface area contributed by atoms with E-state index in [0.29, 0.717) is 30.6 Å². The standard InChI is InChI=1S/C23H30ClN7.2ClH/c24-16-7-5-15(6-8-16)13-26-21-20-22(31(14-27-20)19-3-1-2-4-19)30-23(29-21)28-18-11-9-17(25)10-12-18;;/h5-8,14,17-19H,1-4,9-13,25H2,(H2,26,28,29,30);2*1H/t17-,18-;;. The first kappa shape index (κ1) is 25.8. The molecule has 180 valence electrons. The Morgan fingerprint density at radius 2 is 1.67 bits per heavy atom. The van der Waals surface area contributed by atoms with Crippen LogP contribution in [-0.2, 0) is 6.54 Å². The SMILES string of the molecule is Cl.Cl.N[C@H]1CC[C@H](Nc2nc(NCc3ccc(Cl)cc3)c3ncn(C4CCCC4)c3n2)CC1. The predicted molar refractivity (Wildman–Crippen MR) is 140 cm³/mol. The zero-order chi connectivity index (χ0) is 21.2. The highest BCUT2D eigenvalue weighted by molar-refractivity contribution is 6.30. The summed E-state index contributed by atoms with van der Waals surface area (Å²) in [6.45, 7) is 0.650. The van der Waals surface area contributed by atoms with Crippen molar-refractivity contribution in [2.75, 3.05) is 10.6 Å². The molecule has 4 N–H and O–H groups in total. The molecule has 33 heavy (non-hydrogen) atoms. The summed E-state index contributed by atoms with van der Waals surface area (Å²) in [5.74, 6) is 1.44. The number of hydrogen-bond acceptors (Lipinski definition) is 6. The van der Waals surface area contributed by atoms with Crippen LogP contribution in [0.2, 0.25) is 5.02 Å². The summed E-state index contributed by atoms with van der Waals surface area (Å²) in [5, 5.41) is 7.79. The minimum atomic E-state index is 0. The molecule has 10 heteroatoms. The summed E-state index contributed by atoms with van der Waals surface area (Å²) >= 11 is 6.02. The number of rotatable bonds is 6. The number of nitrogens with one attached hydrogen (secondary N) is 2. The number of halogens is 3. The lowest BCUT2D eigenvalue weighted by Crippen LogP contribution is -2.33. The minimum absolute atomic E-state index is 0. The summed E-state index contributed by atoms with van der Waals surface area (Å²) in [6, 6.07) is 9.02. The third-order valence-corrected chi connectivity index (χ3v) is 6.87. The molecule has 1 aromatic carbocycles. The van der Waals surface area contributed by atoms with Crippen LogP contribution in [-0.4, -0.2) is 31.6 Å². The van der Waals surface area contributed by atoms with E-state index < -0.39 is 0 Å². The molecule has 0 saturated heterocycles. The first-order chi connectivity index (χ1) is 15.2. The molecule has 0 unspecified atom stereocenters. The van der Waals surface area contributed by atoms with E-state index in [4.69, 9.17) is 32.3 Å². The molecular weight excluding hydrogens is 481 g/mol. The van der Waals surface area contributed by atoms with Gasteiger partial charge in [-0.25, -0.2) is 4.98 Å². The number of imidazole rings is 1. The maximum atomic E-state index is 6.08. The second-order valence-electron chi connectivity index (χ2n) is 8.89. The fourth-order valence-corrected chi connectivity index (χ4v) is 4.91. The first-order valence-electron chi connectivity index (χ1n) is 11.4. The van der Waals surface area contributed by atoms with Crippen molar-refractivity contribution < 1.29 is 0 Å². The molecule has 0 amide bonds. The van der Waals surface area contributed by atoms with E-state index in [9.17, 15) is 0 Å². The molecule has 7 nitrogen and oxygen atoms in total. The van der Waals surface area contributed by atoms with E-state index in [1.807, 2.05) is 30.6 Å². The summed E-state index contributed by atoms with van der Waals surface area (Å²) < 4.78 is 2.25. The minimum Gasteiger partial charge on any atom is -0.364 e. The number of hydrogen-bond donors (Lipinski definition) is 3. The summed E-state index contributed by atoms with van der Waals surface area (Å²) in [5.41, 5.74) is 8.96. The van der Waals surface area contributed by atoms with Crippen LogP contribution in [0, 0.1) is 0 Å². The number of anilines is 2. The van der Waals surface area contributed by atoms with Gasteiger partial charge in [-0.05, 0) is 56.2 Å². The number of fused-ring (bicyclic) bond motifs is 1. The van der Waals surface area contributed by atoms with Crippen LogP contribution in [0.15, 0.2) is 30.6 Å². The molecule has 0 bridgehead atoms. The molecule has 0 spiro atoms. The van der Waals surface area contributed by atoms with Gasteiger partial charge in [0.1, 0.15) is 0 Å². The largest absolute Gasteiger partial charge is 0.364 e. The molecule has 0 radical (unpaired) electrons. The lowest BCUT2D eigenvalue weighted by molar-refractivity contribution is 0.410. The van der Waals surface area contributed by atoms with E-state index in [1.54, 1.807) is 0 Å². The molecule has 0 atom stereocenters. The molecular formula is C23H32Cl3N7. The van der Waals surface area contributed by atoms with E-state index in [0.717, 1.165) is 53.3 Å². The van der Waals surface area contributed by atoms with Gasteiger partial charge in [-0.2, -0.15) is 9.97 Å². The highest BCUT2D eigenvalue weighted by Gasteiger charge is 2.23. The van der Waals surface area contributed by atoms with Gasteiger partial charge in [0, 0.05) is 29.7 Å². The van der Waals surface area contributed by atoms with Gasteiger partial charge in [-0.1, -0.05) is 36.6 Å². The molecule has 2 heterocycles. The smallest absolute Gasteiger partial charge is 0.227 e. The number of aromatic nitrogens is 4. The zero-order valence-corrected chi connectivity index (χ0v) is 20.9. The Morgan fingerprint density at radius 1 is 0.970 bits per heavy atom. The van der Waals surface area contributed by atoms with Crippen molar-refractivity contribution in [1.82, 2.24) is 19.5 Å². The van der Waals surface area contributed by atoms with Gasteiger partial charge in [-0.15, -0.1) is 24.8 Å². The number of nitrogens with two attached hydrogens (primary N) is 1. The third-order valence-electron chi connectivity index (χ3n) is 6.62. The number of benzene rings is 1. The number of nitrogens with zero attached hydrogens (tertiary/aromatic N) is 4. The fourth-order valence-electron chi connectivity index (χ4n) is 4.79. The summed E-state index contributed by atoms with van der Waals surface area (Å²) in [7, 11) is 0. The second-order valence-corrected chi connectivity index (χ2v) is 9.33. The van der Waals surface area contributed by atoms with Gasteiger partial charge in [0.05, 0.1) is 6.33 Å². The second kappa shape index (κ2) is 11.6. The molecule has 2 saturated carbocycles. The van der Waals surface area contributed by atoms with Crippen LogP contribution >= 0.6 is 36.4 Å². The monoisotopic (exact) mass is 511 g/mol. The average molecular weight is 513 g/mol. The van der Waals surface area contributed by atoms with Gasteiger partial charge >= 0.3 is 0 Å². The summed E-state index contributed by atoms with van der Waals surface area (Å²) in [6.07, 6.45) is 11.0. The van der Waals surface area contributed by atoms with Crippen LogP contribution in [0.5, 0.6) is 0 Å². The van der Waals surface area contributed by atoms with Crippen molar-refractivity contribution in [3.05, 3.63) is 41.2 Å². The molecule has 2 aliphatic carbocycles. The average Bonchev–Trinajstić information content (AvgIpc) is 3.44. The van der Waals surface area contributed by atoms with Crippen molar-refractivity contribution in [3.63, 3.8) is 0 Å². The van der Waals surface area contributed by atoms with Crippen LogP contribution < -0.4 is 16.4 Å². The van der Waals surface area contributed by atoms with Gasteiger partial charge in [0.25, 0.3) is 0 Å². The van der Waals surface area contributed by atoms with Crippen molar-refractivity contribution in [1.29, 1.82) is 0 Å². The van der Waals surface area contributed by atoms with Gasteiger partial charge in [-0.3, -0.25) is 0 Å². The Hall–Kier alpha value is -1.80. The van der Waals surface area contributed by atoms with Crippen molar-refractivity contribution in [2.24, 2.45) is 5.73 Å². The Morgan fingerprint density at radius 3 is 2.36 bits per heavy atom. The highest BCUT2D eigenvalue weighted by Crippen LogP contribution is 2.33. The highest BCUT2D eigenvalue weighted by atomic mass is 35.5. The Labute approximate surface area is 212 Å². The van der Waals surface area contributed by atoms with Gasteiger partial charge < -0.3 is 20.9 Å². The lowest BCUT2D eigenvalue weighted by Gasteiger charge is -2.27. The molecule has 5 rings (SSSR count). The Balaban J connectivity index is 0.00000153. The van der Waals surface area contributed by atoms with Gasteiger partial charge in [0.2, 0.25) is 5.95 Å². The molecule has 2 aromatic heterocycles. The lowest BCUT2D eigenvalue weighted by atomic mass is 9.92. The van der Waals surface area contributed by atoms with E-state index >= 15 is 0 Å². The van der Waals surface area contributed by atoms with Crippen molar-refractivity contribution >= 4 is 59.3 Å². The molecule has 0 aliphatic heterocycles. The summed E-state index contributed by atoms with van der Waals surface area (Å²) in [4.78, 5) is 14.4. The van der Waals surface area contributed by atoms with E-state index in [2.05, 4.69) is 15.2 Å². The Bertz CT molecular complexity index is 1030. The predicted octanol–water partition coefficient (Wildman–Crippen LogP) is 5.73. The Kier molecular flexibility index (Phi) is 9.04. The van der Waals surface area contributed by atoms with Crippen LogP contribution in [0.4, 0.5) is 11.8 Å². The maximum absolute atomic E-state index is 6.08. The van der Waals surface area contributed by atoms with E-state index in [1.165, 1.54) is 25.7 Å². The topological polar surface area (TPSA) is 93.7 Å². The molecule has 2 fully saturated rings. The quantitative estimate of drug-likeness (QED) is 0.390. The van der Waals surface area contributed by atoms with E-state index in [-0.39, 0.29) is 24.8 Å². The first-order valence-corrected chi connectivity index (χ1v) is 11.8. The van der Waals surface area contributed by atoms with Crippen molar-refractivity contribution in [2.45, 2.75) is 76.0 Å². The third kappa shape index (κ3) is 6.01. The molecule has 3 aromatic rings. The zero-order valence-electron chi connectivity index (χ0n) is 18.5. The van der Waals surface area contributed by atoms with Gasteiger partial charge in [0.15, 0.2) is 17.0 Å². The normalized spacial score (nSPS) is 20.8. The van der Waals surface area contributed by atoms with Crippen LogP contribution in [0.3, 0.4) is 0 Å². The van der Waals surface area contributed by atoms with Crippen molar-refractivity contribution in [3.8, 4) is 0 Å². The maximum Gasteiger partial charge on any atom is 0.227 e. The fraction of sp³-hybridized carbons (Fsp3) is 0.522. The molecule has 2 aliphatic rings.